The van der Waals surface area contributed by atoms with Gasteiger partial charge < -0.3 is 21.6 Å². The van der Waals surface area contributed by atoms with Gasteiger partial charge in [0.15, 0.2) is 17.5 Å². The molecule has 2 aromatic carbocycles. The van der Waals surface area contributed by atoms with Gasteiger partial charge in [0.05, 0.1) is 11.2 Å². The SMILES string of the molecule is NNC(=Nc1cccc(F)c1F)c1cc(-c2ccc(CC3(O)CCNCC3)cc2)cnc1N. The number of amidine groups is 1. The minimum Gasteiger partial charge on any atom is -0.389 e. The average Bonchev–Trinajstić information content (AvgIpc) is 2.81. The van der Waals surface area contributed by atoms with Gasteiger partial charge >= 0.3 is 0 Å². The number of benzene rings is 2. The molecule has 0 bridgehead atoms. The quantitative estimate of drug-likeness (QED) is 0.176. The number of nitrogens with one attached hydrogen (secondary N) is 2. The molecule has 0 amide bonds. The predicted octanol–water partition coefficient (Wildman–Crippen LogP) is 2.81. The molecule has 1 aliphatic heterocycles. The number of anilines is 1. The van der Waals surface area contributed by atoms with Gasteiger partial charge in [0.1, 0.15) is 11.5 Å². The van der Waals surface area contributed by atoms with E-state index in [9.17, 15) is 13.9 Å². The second kappa shape index (κ2) is 9.62. The minimum absolute atomic E-state index is 0.0519. The first-order valence-corrected chi connectivity index (χ1v) is 10.7. The van der Waals surface area contributed by atoms with Crippen LogP contribution in [0.4, 0.5) is 20.3 Å². The van der Waals surface area contributed by atoms with E-state index in [0.29, 0.717) is 12.0 Å². The third kappa shape index (κ3) is 5.16. The highest BCUT2D eigenvalue weighted by molar-refractivity contribution is 6.04. The fraction of sp³-hybridized carbons (Fsp3) is 0.250. The van der Waals surface area contributed by atoms with Crippen LogP contribution < -0.4 is 22.3 Å². The van der Waals surface area contributed by atoms with Crippen molar-refractivity contribution in [2.24, 2.45) is 10.8 Å². The zero-order chi connectivity index (χ0) is 23.4. The lowest BCUT2D eigenvalue weighted by Gasteiger charge is -2.32. The number of hydrogen-bond acceptors (Lipinski definition) is 6. The number of halogens is 2. The van der Waals surface area contributed by atoms with Crippen LogP contribution in [0.3, 0.4) is 0 Å². The van der Waals surface area contributed by atoms with Crippen LogP contribution in [0.15, 0.2) is 59.7 Å². The first kappa shape index (κ1) is 22.8. The average molecular weight is 453 g/mol. The van der Waals surface area contributed by atoms with E-state index < -0.39 is 17.2 Å². The second-order valence-corrected chi connectivity index (χ2v) is 8.18. The summed E-state index contributed by atoms with van der Waals surface area (Å²) in [6, 6.07) is 13.3. The van der Waals surface area contributed by atoms with E-state index in [-0.39, 0.29) is 17.3 Å². The number of hydrazine groups is 1. The van der Waals surface area contributed by atoms with Crippen molar-refractivity contribution in [2.45, 2.75) is 24.9 Å². The number of nitrogen functional groups attached to an aromatic ring is 1. The highest BCUT2D eigenvalue weighted by Gasteiger charge is 2.29. The van der Waals surface area contributed by atoms with Crippen LogP contribution in [0.2, 0.25) is 0 Å². The van der Waals surface area contributed by atoms with Crippen molar-refractivity contribution in [3.63, 3.8) is 0 Å². The van der Waals surface area contributed by atoms with Crippen molar-refractivity contribution < 1.29 is 13.9 Å². The van der Waals surface area contributed by atoms with Gasteiger partial charge in [-0.25, -0.2) is 24.6 Å². The molecule has 0 spiro atoms. The van der Waals surface area contributed by atoms with Crippen LogP contribution in [0.5, 0.6) is 0 Å². The Balaban J connectivity index is 1.61. The van der Waals surface area contributed by atoms with Crippen molar-refractivity contribution in [2.75, 3.05) is 18.8 Å². The Hall–Kier alpha value is -3.40. The van der Waals surface area contributed by atoms with Crippen LogP contribution in [0, 0.1) is 11.6 Å². The third-order valence-electron chi connectivity index (χ3n) is 5.83. The van der Waals surface area contributed by atoms with E-state index in [0.717, 1.165) is 48.7 Å². The molecule has 1 fully saturated rings. The molecule has 3 aromatic rings. The van der Waals surface area contributed by atoms with E-state index in [4.69, 9.17) is 11.6 Å². The number of aliphatic imine (C=N–C) groups is 1. The molecule has 33 heavy (non-hydrogen) atoms. The Morgan fingerprint density at radius 3 is 2.55 bits per heavy atom. The summed E-state index contributed by atoms with van der Waals surface area (Å²) in [5.41, 5.74) is 10.5. The normalized spacial score (nSPS) is 15.9. The van der Waals surface area contributed by atoms with E-state index in [1.165, 1.54) is 12.1 Å². The lowest BCUT2D eigenvalue weighted by molar-refractivity contribution is 0.0109. The van der Waals surface area contributed by atoms with Gasteiger partial charge in [0.25, 0.3) is 0 Å². The molecule has 172 valence electrons. The lowest BCUT2D eigenvalue weighted by atomic mass is 9.86. The van der Waals surface area contributed by atoms with Gasteiger partial charge in [-0.1, -0.05) is 30.3 Å². The Bertz CT molecular complexity index is 1160. The van der Waals surface area contributed by atoms with Gasteiger partial charge in [-0.05, 0) is 55.3 Å². The lowest BCUT2D eigenvalue weighted by Crippen LogP contribution is -2.43. The fourth-order valence-corrected chi connectivity index (χ4v) is 3.96. The fourth-order valence-electron chi connectivity index (χ4n) is 3.96. The summed E-state index contributed by atoms with van der Waals surface area (Å²) in [5, 5.41) is 14.0. The highest BCUT2D eigenvalue weighted by atomic mass is 19.2. The Labute approximate surface area is 190 Å². The Kier molecular flexibility index (Phi) is 6.64. The second-order valence-electron chi connectivity index (χ2n) is 8.18. The standard InChI is InChI=1S/C24H26F2N6O/c25-19-2-1-3-20(21(19)26)31-23(32-28)18-12-17(14-30-22(18)27)16-6-4-15(5-7-16)13-24(33)8-10-29-11-9-24/h1-7,12,14,29,33H,8-11,13,28H2,(H2,27,30)(H,31,32). The number of pyridine rings is 1. The number of hydrogen-bond donors (Lipinski definition) is 5. The number of aromatic nitrogens is 1. The molecule has 4 rings (SSSR count). The number of rotatable bonds is 5. The molecular weight excluding hydrogens is 426 g/mol. The molecule has 7 N–H and O–H groups in total. The molecular formula is C24H26F2N6O. The molecule has 1 aromatic heterocycles. The first-order chi connectivity index (χ1) is 15.9. The molecule has 1 saturated heterocycles. The number of nitrogens with zero attached hydrogens (tertiary/aromatic N) is 2. The van der Waals surface area contributed by atoms with Gasteiger partial charge in [-0.2, -0.15) is 0 Å². The summed E-state index contributed by atoms with van der Waals surface area (Å²) >= 11 is 0. The maximum Gasteiger partial charge on any atom is 0.184 e. The molecule has 0 aliphatic carbocycles. The smallest absolute Gasteiger partial charge is 0.184 e. The zero-order valence-electron chi connectivity index (χ0n) is 18.0. The van der Waals surface area contributed by atoms with Gasteiger partial charge in [-0.3, -0.25) is 0 Å². The van der Waals surface area contributed by atoms with Gasteiger partial charge in [0.2, 0.25) is 0 Å². The van der Waals surface area contributed by atoms with Crippen molar-refractivity contribution in [1.29, 1.82) is 0 Å². The Morgan fingerprint density at radius 2 is 1.85 bits per heavy atom. The summed E-state index contributed by atoms with van der Waals surface area (Å²) in [4.78, 5) is 8.32. The van der Waals surface area contributed by atoms with Gasteiger partial charge in [-0.15, -0.1) is 0 Å². The summed E-state index contributed by atoms with van der Waals surface area (Å²) in [6.45, 7) is 1.63. The van der Waals surface area contributed by atoms with Crippen molar-refractivity contribution in [3.8, 4) is 11.1 Å². The summed E-state index contributed by atoms with van der Waals surface area (Å²) < 4.78 is 27.6. The van der Waals surface area contributed by atoms with E-state index in [2.05, 4.69) is 20.7 Å². The van der Waals surface area contributed by atoms with Crippen molar-refractivity contribution in [3.05, 3.63) is 77.5 Å². The van der Waals surface area contributed by atoms with Crippen LogP contribution in [-0.4, -0.2) is 34.6 Å². The van der Waals surface area contributed by atoms with Gasteiger partial charge in [0, 0.05) is 18.2 Å². The molecule has 1 aliphatic rings. The summed E-state index contributed by atoms with van der Waals surface area (Å²) in [6.07, 6.45) is 3.65. The third-order valence-corrected chi connectivity index (χ3v) is 5.83. The van der Waals surface area contributed by atoms with Crippen molar-refractivity contribution >= 4 is 17.3 Å². The van der Waals surface area contributed by atoms with E-state index in [1.807, 2.05) is 24.3 Å². The molecule has 0 atom stereocenters. The van der Waals surface area contributed by atoms with Crippen LogP contribution >= 0.6 is 0 Å². The Morgan fingerprint density at radius 1 is 1.12 bits per heavy atom. The van der Waals surface area contributed by atoms with Crippen LogP contribution in [0.25, 0.3) is 11.1 Å². The zero-order valence-corrected chi connectivity index (χ0v) is 18.0. The number of nitrogens with two attached hydrogens (primary N) is 2. The first-order valence-electron chi connectivity index (χ1n) is 10.7. The predicted molar refractivity (Wildman–Crippen MR) is 125 cm³/mol. The topological polar surface area (TPSA) is 122 Å². The molecule has 9 heteroatoms. The highest BCUT2D eigenvalue weighted by Crippen LogP contribution is 2.27. The van der Waals surface area contributed by atoms with Crippen LogP contribution in [0.1, 0.15) is 24.0 Å². The molecule has 7 nitrogen and oxygen atoms in total. The minimum atomic E-state index is -1.08. The molecule has 0 radical (unpaired) electrons. The van der Waals surface area contributed by atoms with Crippen molar-refractivity contribution in [1.82, 2.24) is 15.7 Å². The largest absolute Gasteiger partial charge is 0.389 e. The van der Waals surface area contributed by atoms with E-state index >= 15 is 0 Å². The molecule has 0 unspecified atom stereocenters. The maximum atomic E-state index is 14.1. The summed E-state index contributed by atoms with van der Waals surface area (Å²) in [7, 11) is 0. The maximum absolute atomic E-state index is 14.1. The number of aliphatic hydroxyl groups is 1. The molecule has 0 saturated carbocycles. The molecule has 2 heterocycles. The van der Waals surface area contributed by atoms with E-state index in [1.54, 1.807) is 12.3 Å². The summed E-state index contributed by atoms with van der Waals surface area (Å²) in [5.74, 6) is 3.70. The monoisotopic (exact) mass is 452 g/mol. The number of piperidine rings is 1. The van der Waals surface area contributed by atoms with Crippen LogP contribution in [-0.2, 0) is 6.42 Å².